The summed E-state index contributed by atoms with van der Waals surface area (Å²) in [7, 11) is 1.95. The quantitative estimate of drug-likeness (QED) is 0.554. The van der Waals surface area contributed by atoms with Gasteiger partial charge in [0, 0.05) is 18.1 Å². The Morgan fingerprint density at radius 1 is 1.50 bits per heavy atom. The third kappa shape index (κ3) is 4.67. The van der Waals surface area contributed by atoms with Gasteiger partial charge in [0.15, 0.2) is 0 Å². The fourth-order valence-electron chi connectivity index (χ4n) is 1.19. The minimum Gasteiger partial charge on any atom is -0.317 e. The topological polar surface area (TPSA) is 29.9 Å². The fraction of sp³-hybridized carbons (Fsp3) is 0.700. The molecule has 1 aromatic rings. The molecule has 0 saturated carbocycles. The summed E-state index contributed by atoms with van der Waals surface area (Å²) in [6, 6.07) is 0. The van der Waals surface area contributed by atoms with E-state index in [4.69, 9.17) is 0 Å². The predicted octanol–water partition coefficient (Wildman–Crippen LogP) is 1.90. The fourth-order valence-corrected chi connectivity index (χ4v) is 2.13. The molecule has 0 aliphatic carbocycles. The average molecular weight is 213 g/mol. The molecule has 1 N–H and O–H groups in total. The number of nitrogens with zero attached hydrogens (tertiary/aromatic N) is 2. The molecule has 0 saturated heterocycles. The molecule has 1 heterocycles. The lowest BCUT2D eigenvalue weighted by Gasteiger charge is -2.00. The summed E-state index contributed by atoms with van der Waals surface area (Å²) in [5.74, 6) is 1.19. The summed E-state index contributed by atoms with van der Waals surface area (Å²) in [5, 5.41) is 7.45. The number of nitrogens with one attached hydrogen (secondary N) is 1. The number of hydrogen-bond donors (Lipinski definition) is 1. The summed E-state index contributed by atoms with van der Waals surface area (Å²) >= 11 is 1.89. The van der Waals surface area contributed by atoms with E-state index in [-0.39, 0.29) is 0 Å². The molecule has 0 atom stereocenters. The molecule has 1 rings (SSSR count). The molecular weight excluding hydrogens is 194 g/mol. The van der Waals surface area contributed by atoms with Gasteiger partial charge >= 0.3 is 0 Å². The first kappa shape index (κ1) is 11.6. The van der Waals surface area contributed by atoms with Gasteiger partial charge in [0.1, 0.15) is 0 Å². The second-order valence-electron chi connectivity index (χ2n) is 3.26. The van der Waals surface area contributed by atoms with Crippen LogP contribution in [0.25, 0.3) is 0 Å². The van der Waals surface area contributed by atoms with Gasteiger partial charge in [-0.15, -0.1) is 11.8 Å². The van der Waals surface area contributed by atoms with Gasteiger partial charge in [0.2, 0.25) is 0 Å². The van der Waals surface area contributed by atoms with Gasteiger partial charge in [-0.25, -0.2) is 0 Å². The van der Waals surface area contributed by atoms with Crippen LogP contribution in [0.15, 0.2) is 17.3 Å². The van der Waals surface area contributed by atoms with Crippen molar-refractivity contribution in [2.45, 2.75) is 24.7 Å². The van der Waals surface area contributed by atoms with Crippen molar-refractivity contribution in [1.29, 1.82) is 0 Å². The van der Waals surface area contributed by atoms with Crippen LogP contribution >= 0.6 is 11.8 Å². The highest BCUT2D eigenvalue weighted by atomic mass is 32.2. The van der Waals surface area contributed by atoms with Gasteiger partial charge in [-0.2, -0.15) is 5.10 Å². The number of unbranched alkanes of at least 4 members (excludes halogenated alkanes) is 1. The molecule has 14 heavy (non-hydrogen) atoms. The van der Waals surface area contributed by atoms with Crippen LogP contribution in [0.5, 0.6) is 0 Å². The van der Waals surface area contributed by atoms with Gasteiger partial charge < -0.3 is 5.32 Å². The zero-order chi connectivity index (χ0) is 10.2. The van der Waals surface area contributed by atoms with E-state index in [1.54, 1.807) is 0 Å². The minimum atomic E-state index is 1.08. The SMILES string of the molecule is CCNCCCCSc1cnn(C)c1. The van der Waals surface area contributed by atoms with Crippen molar-refractivity contribution in [2.75, 3.05) is 18.8 Å². The molecule has 0 amide bonds. The first-order valence-electron chi connectivity index (χ1n) is 5.15. The van der Waals surface area contributed by atoms with E-state index in [1.807, 2.05) is 29.7 Å². The Kier molecular flexibility index (Phi) is 5.71. The monoisotopic (exact) mass is 213 g/mol. The highest BCUT2D eigenvalue weighted by molar-refractivity contribution is 7.99. The molecule has 0 spiro atoms. The lowest BCUT2D eigenvalue weighted by molar-refractivity contribution is 0.666. The van der Waals surface area contributed by atoms with Crippen molar-refractivity contribution in [3.05, 3.63) is 12.4 Å². The molecule has 4 heteroatoms. The van der Waals surface area contributed by atoms with E-state index >= 15 is 0 Å². The van der Waals surface area contributed by atoms with E-state index < -0.39 is 0 Å². The Balaban J connectivity index is 1.99. The van der Waals surface area contributed by atoms with Crippen LogP contribution in [0, 0.1) is 0 Å². The maximum atomic E-state index is 4.13. The molecule has 3 nitrogen and oxygen atoms in total. The second-order valence-corrected chi connectivity index (χ2v) is 4.43. The molecule has 0 bridgehead atoms. The van der Waals surface area contributed by atoms with E-state index in [9.17, 15) is 0 Å². The number of aromatic nitrogens is 2. The number of thioether (sulfide) groups is 1. The van der Waals surface area contributed by atoms with E-state index in [2.05, 4.69) is 23.5 Å². The lowest BCUT2D eigenvalue weighted by Crippen LogP contribution is -2.13. The zero-order valence-corrected chi connectivity index (χ0v) is 9.81. The third-order valence-electron chi connectivity index (χ3n) is 1.95. The maximum absolute atomic E-state index is 4.13. The lowest BCUT2D eigenvalue weighted by atomic mass is 10.3. The Hall–Kier alpha value is -0.480. The van der Waals surface area contributed by atoms with Gasteiger partial charge in [-0.1, -0.05) is 6.92 Å². The summed E-state index contributed by atoms with van der Waals surface area (Å²) in [5.41, 5.74) is 0. The van der Waals surface area contributed by atoms with Crippen LogP contribution in [0.4, 0.5) is 0 Å². The van der Waals surface area contributed by atoms with Crippen LogP contribution in [0.3, 0.4) is 0 Å². The largest absolute Gasteiger partial charge is 0.317 e. The molecule has 0 radical (unpaired) electrons. The molecular formula is C10H19N3S. The number of rotatable bonds is 7. The van der Waals surface area contributed by atoms with E-state index in [1.165, 1.54) is 23.5 Å². The van der Waals surface area contributed by atoms with Crippen molar-refractivity contribution < 1.29 is 0 Å². The molecule has 0 aromatic carbocycles. The highest BCUT2D eigenvalue weighted by Gasteiger charge is 1.96. The van der Waals surface area contributed by atoms with Gasteiger partial charge in [-0.3, -0.25) is 4.68 Å². The smallest absolute Gasteiger partial charge is 0.0625 e. The van der Waals surface area contributed by atoms with Crippen molar-refractivity contribution in [3.8, 4) is 0 Å². The van der Waals surface area contributed by atoms with Crippen LogP contribution in [0.1, 0.15) is 19.8 Å². The van der Waals surface area contributed by atoms with Crippen LogP contribution in [-0.2, 0) is 7.05 Å². The Bertz CT molecular complexity index is 247. The predicted molar refractivity (Wildman–Crippen MR) is 61.7 cm³/mol. The van der Waals surface area contributed by atoms with E-state index in [0.717, 1.165) is 13.1 Å². The van der Waals surface area contributed by atoms with Crippen LogP contribution in [-0.4, -0.2) is 28.6 Å². The zero-order valence-electron chi connectivity index (χ0n) is 8.99. The average Bonchev–Trinajstić information content (AvgIpc) is 2.58. The second kappa shape index (κ2) is 6.90. The Morgan fingerprint density at radius 2 is 2.36 bits per heavy atom. The highest BCUT2D eigenvalue weighted by Crippen LogP contribution is 2.17. The third-order valence-corrected chi connectivity index (χ3v) is 2.98. The van der Waals surface area contributed by atoms with Gasteiger partial charge in [-0.05, 0) is 31.7 Å². The van der Waals surface area contributed by atoms with Crippen molar-refractivity contribution in [2.24, 2.45) is 7.05 Å². The summed E-state index contributed by atoms with van der Waals surface area (Å²) < 4.78 is 1.85. The summed E-state index contributed by atoms with van der Waals surface area (Å²) in [4.78, 5) is 1.27. The van der Waals surface area contributed by atoms with Gasteiger partial charge in [0.25, 0.3) is 0 Å². The molecule has 1 aromatic heterocycles. The summed E-state index contributed by atoms with van der Waals surface area (Å²) in [6.45, 7) is 4.37. The van der Waals surface area contributed by atoms with Crippen LogP contribution < -0.4 is 5.32 Å². The minimum absolute atomic E-state index is 1.08. The Labute approximate surface area is 90.3 Å². The van der Waals surface area contributed by atoms with Crippen molar-refractivity contribution in [3.63, 3.8) is 0 Å². The Morgan fingerprint density at radius 3 is 3.00 bits per heavy atom. The molecule has 0 aliphatic heterocycles. The number of aryl methyl sites for hydroxylation is 1. The molecule has 0 fully saturated rings. The number of hydrogen-bond acceptors (Lipinski definition) is 3. The first-order chi connectivity index (χ1) is 6.83. The molecule has 80 valence electrons. The summed E-state index contributed by atoms with van der Waals surface area (Å²) in [6.07, 6.45) is 6.53. The first-order valence-corrected chi connectivity index (χ1v) is 6.13. The maximum Gasteiger partial charge on any atom is 0.0625 e. The van der Waals surface area contributed by atoms with Crippen LogP contribution in [0.2, 0.25) is 0 Å². The molecule has 0 aliphatic rings. The van der Waals surface area contributed by atoms with E-state index in [0.29, 0.717) is 0 Å². The standard InChI is InChI=1S/C10H19N3S/c1-3-11-6-4-5-7-14-10-8-12-13(2)9-10/h8-9,11H,3-7H2,1-2H3. The van der Waals surface area contributed by atoms with Crippen molar-refractivity contribution >= 4 is 11.8 Å². The normalized spacial score (nSPS) is 10.7. The van der Waals surface area contributed by atoms with Gasteiger partial charge in [0.05, 0.1) is 6.20 Å². The van der Waals surface area contributed by atoms with Crippen molar-refractivity contribution in [1.82, 2.24) is 15.1 Å². The molecule has 0 unspecified atom stereocenters.